The zero-order valence-corrected chi connectivity index (χ0v) is 29.6. The molecule has 0 aliphatic heterocycles. The van der Waals surface area contributed by atoms with E-state index < -0.39 is 0 Å². The van der Waals surface area contributed by atoms with E-state index in [-0.39, 0.29) is 10.8 Å². The van der Waals surface area contributed by atoms with Gasteiger partial charge in [-0.2, -0.15) is 0 Å². The number of benzene rings is 4. The van der Waals surface area contributed by atoms with Crippen molar-refractivity contribution in [3.05, 3.63) is 157 Å². The van der Waals surface area contributed by atoms with Crippen molar-refractivity contribution in [1.82, 2.24) is 19.1 Å². The molecule has 4 aromatic heterocycles. The van der Waals surface area contributed by atoms with Crippen LogP contribution in [-0.2, 0) is 10.8 Å². The summed E-state index contributed by atoms with van der Waals surface area (Å²) >= 11 is 0. The number of rotatable bonds is 5. The topological polar surface area (TPSA) is 35.6 Å². The van der Waals surface area contributed by atoms with Crippen molar-refractivity contribution >= 4 is 21.8 Å². The molecule has 0 aliphatic carbocycles. The van der Waals surface area contributed by atoms with Gasteiger partial charge < -0.3 is 9.13 Å². The minimum absolute atomic E-state index is 0.0680. The first kappa shape index (κ1) is 31.5. The van der Waals surface area contributed by atoms with Crippen LogP contribution in [0, 0.1) is 0 Å². The van der Waals surface area contributed by atoms with Gasteiger partial charge in [0.1, 0.15) is 0 Å². The lowest BCUT2D eigenvalue weighted by molar-refractivity contribution is 0.590. The Kier molecular flexibility index (Phi) is 7.56. The maximum absolute atomic E-state index is 4.41. The fourth-order valence-corrected chi connectivity index (χ4v) is 7.06. The minimum Gasteiger partial charge on any atom is -0.309 e. The molecule has 4 heteroatoms. The number of pyridine rings is 2. The molecule has 4 heterocycles. The molecule has 0 aliphatic rings. The summed E-state index contributed by atoms with van der Waals surface area (Å²) in [5, 5.41) is 2.60. The van der Waals surface area contributed by atoms with Gasteiger partial charge in [-0.1, -0.05) is 77.9 Å². The van der Waals surface area contributed by atoms with Crippen molar-refractivity contribution in [3.8, 4) is 45.0 Å². The van der Waals surface area contributed by atoms with Gasteiger partial charge in [0.05, 0.1) is 22.4 Å². The number of hydrogen-bond acceptors (Lipinski definition) is 2. The van der Waals surface area contributed by atoms with Crippen molar-refractivity contribution in [2.45, 2.75) is 52.4 Å². The van der Waals surface area contributed by atoms with Crippen molar-refractivity contribution in [1.29, 1.82) is 0 Å². The first-order valence-corrected chi connectivity index (χ1v) is 17.4. The lowest BCUT2D eigenvalue weighted by atomic mass is 9.85. The van der Waals surface area contributed by atoms with Crippen molar-refractivity contribution < 1.29 is 0 Å². The van der Waals surface area contributed by atoms with E-state index in [1.807, 2.05) is 36.9 Å². The number of aromatic nitrogens is 4. The molecule has 50 heavy (non-hydrogen) atoms. The first-order chi connectivity index (χ1) is 24.1. The number of nitrogens with zero attached hydrogens (tertiary/aromatic N) is 4. The van der Waals surface area contributed by atoms with E-state index in [2.05, 4.69) is 170 Å². The summed E-state index contributed by atoms with van der Waals surface area (Å²) in [5.41, 5.74) is 14.1. The predicted molar refractivity (Wildman–Crippen MR) is 209 cm³/mol. The average Bonchev–Trinajstić information content (AvgIpc) is 3.71. The van der Waals surface area contributed by atoms with Crippen molar-refractivity contribution in [2.75, 3.05) is 0 Å². The SMILES string of the molecule is CC(C)(C)c1ccc2c(c1)c1cc(C(C)(C)C)ccc1n2-c1ccc(-c2cccc(-n3c(-c4cccnc4)ccc3-c3cccnc3)c2)cc1. The number of hydrogen-bond donors (Lipinski definition) is 0. The summed E-state index contributed by atoms with van der Waals surface area (Å²) in [7, 11) is 0. The van der Waals surface area contributed by atoms with Crippen LogP contribution < -0.4 is 0 Å². The van der Waals surface area contributed by atoms with Crippen molar-refractivity contribution in [2.24, 2.45) is 0 Å². The van der Waals surface area contributed by atoms with Crippen LogP contribution in [0.25, 0.3) is 66.8 Å². The molecule has 8 aromatic rings. The first-order valence-electron chi connectivity index (χ1n) is 17.4. The lowest BCUT2D eigenvalue weighted by Crippen LogP contribution is -2.10. The van der Waals surface area contributed by atoms with E-state index in [4.69, 9.17) is 0 Å². The van der Waals surface area contributed by atoms with Crippen molar-refractivity contribution in [3.63, 3.8) is 0 Å². The second kappa shape index (κ2) is 12.0. The highest BCUT2D eigenvalue weighted by Gasteiger charge is 2.21. The molecule has 0 saturated heterocycles. The maximum atomic E-state index is 4.41. The smallest absolute Gasteiger partial charge is 0.0550 e. The van der Waals surface area contributed by atoms with Gasteiger partial charge in [-0.25, -0.2) is 0 Å². The minimum atomic E-state index is 0.0680. The third-order valence-corrected chi connectivity index (χ3v) is 9.86. The highest BCUT2D eigenvalue weighted by atomic mass is 15.0. The van der Waals surface area contributed by atoms with Gasteiger partial charge in [0.25, 0.3) is 0 Å². The molecule has 0 unspecified atom stereocenters. The summed E-state index contributed by atoms with van der Waals surface area (Å²) in [6, 6.07) is 44.3. The summed E-state index contributed by atoms with van der Waals surface area (Å²) in [4.78, 5) is 8.82. The molecule has 0 N–H and O–H groups in total. The third-order valence-electron chi connectivity index (χ3n) is 9.86. The molecular formula is C46H42N4. The summed E-state index contributed by atoms with van der Waals surface area (Å²) in [6.45, 7) is 13.7. The Balaban J connectivity index is 1.23. The Morgan fingerprint density at radius 3 is 1.42 bits per heavy atom. The molecule has 0 bridgehead atoms. The van der Waals surface area contributed by atoms with E-state index in [1.165, 1.54) is 38.5 Å². The van der Waals surface area contributed by atoms with Crippen LogP contribution in [0.5, 0.6) is 0 Å². The van der Waals surface area contributed by atoms with E-state index in [0.717, 1.165) is 39.5 Å². The maximum Gasteiger partial charge on any atom is 0.0550 e. The molecule has 0 fully saturated rings. The fraction of sp³-hybridized carbons (Fsp3) is 0.174. The fourth-order valence-electron chi connectivity index (χ4n) is 7.06. The van der Waals surface area contributed by atoms with E-state index in [1.54, 1.807) is 0 Å². The van der Waals surface area contributed by atoms with Gasteiger partial charge in [-0.3, -0.25) is 9.97 Å². The second-order valence-electron chi connectivity index (χ2n) is 15.3. The largest absolute Gasteiger partial charge is 0.309 e. The Morgan fingerprint density at radius 1 is 0.420 bits per heavy atom. The molecule has 246 valence electrons. The van der Waals surface area contributed by atoms with Crippen LogP contribution in [0.15, 0.2) is 146 Å². The van der Waals surface area contributed by atoms with Crippen LogP contribution in [0.2, 0.25) is 0 Å². The molecule has 0 radical (unpaired) electrons. The van der Waals surface area contributed by atoms with Gasteiger partial charge in [0.2, 0.25) is 0 Å². The van der Waals surface area contributed by atoms with Gasteiger partial charge in [-0.15, -0.1) is 0 Å². The van der Waals surface area contributed by atoms with Crippen LogP contribution in [-0.4, -0.2) is 19.1 Å². The molecule has 0 atom stereocenters. The third kappa shape index (κ3) is 5.61. The molecule has 0 amide bonds. The van der Waals surface area contributed by atoms with Gasteiger partial charge >= 0.3 is 0 Å². The number of fused-ring (bicyclic) bond motifs is 3. The average molecular weight is 651 g/mol. The Labute approximate surface area is 294 Å². The molecule has 8 rings (SSSR count). The lowest BCUT2D eigenvalue weighted by Gasteiger charge is -2.19. The molecule has 0 spiro atoms. The monoisotopic (exact) mass is 650 g/mol. The highest BCUT2D eigenvalue weighted by molar-refractivity contribution is 6.10. The Hall–Kier alpha value is -5.74. The van der Waals surface area contributed by atoms with Gasteiger partial charge in [0, 0.05) is 58.1 Å². The second-order valence-corrected chi connectivity index (χ2v) is 15.3. The van der Waals surface area contributed by atoms with Crippen LogP contribution in [0.4, 0.5) is 0 Å². The summed E-state index contributed by atoms with van der Waals surface area (Å²) in [5.74, 6) is 0. The molecular weight excluding hydrogens is 609 g/mol. The zero-order chi connectivity index (χ0) is 34.6. The predicted octanol–water partition coefficient (Wildman–Crippen LogP) is 12.0. The normalized spacial score (nSPS) is 12.2. The zero-order valence-electron chi connectivity index (χ0n) is 29.6. The molecule has 4 nitrogen and oxygen atoms in total. The quantitative estimate of drug-likeness (QED) is 0.186. The van der Waals surface area contributed by atoms with E-state index in [0.29, 0.717) is 0 Å². The van der Waals surface area contributed by atoms with Crippen LogP contribution >= 0.6 is 0 Å². The summed E-state index contributed by atoms with van der Waals surface area (Å²) in [6.07, 6.45) is 7.47. The Bertz CT molecular complexity index is 2340. The van der Waals surface area contributed by atoms with Gasteiger partial charge in [0.15, 0.2) is 0 Å². The standard InChI is InChI=1S/C46H42N4/c1-45(2,3)35-16-20-43-39(27-35)40-28-36(46(4,5)6)17-21-44(40)49(43)37-18-14-31(15-19-37)32-10-7-13-38(26-32)50-41(33-11-8-24-47-29-33)22-23-42(50)34-12-9-25-48-30-34/h7-30H,1-6H3. The molecule has 4 aromatic carbocycles. The van der Waals surface area contributed by atoms with E-state index >= 15 is 0 Å². The Morgan fingerprint density at radius 2 is 0.940 bits per heavy atom. The summed E-state index contributed by atoms with van der Waals surface area (Å²) < 4.78 is 4.73. The highest BCUT2D eigenvalue weighted by Crippen LogP contribution is 2.38. The van der Waals surface area contributed by atoms with Crippen LogP contribution in [0.1, 0.15) is 52.7 Å². The molecule has 0 saturated carbocycles. The van der Waals surface area contributed by atoms with Crippen LogP contribution in [0.3, 0.4) is 0 Å². The van der Waals surface area contributed by atoms with Gasteiger partial charge in [-0.05, 0) is 118 Å². The van der Waals surface area contributed by atoms with E-state index in [9.17, 15) is 0 Å².